The van der Waals surface area contributed by atoms with Gasteiger partial charge >= 0.3 is 0 Å². The van der Waals surface area contributed by atoms with Gasteiger partial charge in [0.05, 0.1) is 6.04 Å². The molecule has 1 N–H and O–H groups in total. The van der Waals surface area contributed by atoms with E-state index in [1.165, 1.54) is 68.4 Å². The Bertz CT molecular complexity index is 1360. The lowest BCUT2D eigenvalue weighted by Gasteiger charge is -2.29. The second-order valence-corrected chi connectivity index (χ2v) is 8.13. The Kier molecular flexibility index (Phi) is 3.80. The number of nitrogens with one attached hydrogen (secondary N) is 1. The smallest absolute Gasteiger partial charge is 0.0517 e. The van der Waals surface area contributed by atoms with E-state index in [0.717, 1.165) is 0 Å². The number of benzene rings is 5. The summed E-state index contributed by atoms with van der Waals surface area (Å²) >= 11 is 0. The molecule has 1 aliphatic carbocycles. The van der Waals surface area contributed by atoms with Crippen molar-refractivity contribution in [1.82, 2.24) is 0 Å². The largest absolute Gasteiger partial charge is 0.378 e. The van der Waals surface area contributed by atoms with Crippen LogP contribution in [0, 0.1) is 0 Å². The molecular formula is C28H23N. The van der Waals surface area contributed by atoms with E-state index >= 15 is 0 Å². The van der Waals surface area contributed by atoms with Gasteiger partial charge in [-0.1, -0.05) is 84.9 Å². The molecule has 6 rings (SSSR count). The van der Waals surface area contributed by atoms with Gasteiger partial charge in [0, 0.05) is 11.1 Å². The van der Waals surface area contributed by atoms with E-state index in [-0.39, 0.29) is 0 Å². The van der Waals surface area contributed by atoms with Crippen molar-refractivity contribution < 1.29 is 0 Å². The molecule has 1 atom stereocenters. The van der Waals surface area contributed by atoms with Crippen molar-refractivity contribution in [2.24, 2.45) is 0 Å². The van der Waals surface area contributed by atoms with Gasteiger partial charge in [-0.25, -0.2) is 0 Å². The van der Waals surface area contributed by atoms with E-state index in [2.05, 4.69) is 96.3 Å². The van der Waals surface area contributed by atoms with Crippen molar-refractivity contribution in [2.75, 3.05) is 5.32 Å². The molecule has 29 heavy (non-hydrogen) atoms. The minimum Gasteiger partial charge on any atom is -0.378 e. The predicted octanol–water partition coefficient (Wildman–Crippen LogP) is 7.64. The van der Waals surface area contributed by atoms with Gasteiger partial charge in [-0.3, -0.25) is 0 Å². The zero-order valence-corrected chi connectivity index (χ0v) is 16.4. The Morgan fingerprint density at radius 3 is 2.21 bits per heavy atom. The summed E-state index contributed by atoms with van der Waals surface area (Å²) in [5.41, 5.74) is 4.23. The summed E-state index contributed by atoms with van der Waals surface area (Å²) in [6, 6.07) is 33.6. The van der Waals surface area contributed by atoms with Crippen LogP contribution in [0.25, 0.3) is 32.3 Å². The van der Waals surface area contributed by atoms with Crippen molar-refractivity contribution in [2.45, 2.75) is 25.3 Å². The summed E-state index contributed by atoms with van der Waals surface area (Å²) < 4.78 is 0. The van der Waals surface area contributed by atoms with Gasteiger partial charge in [0.25, 0.3) is 0 Å². The third-order valence-electron chi connectivity index (χ3n) is 6.49. The fraction of sp³-hybridized carbons (Fsp3) is 0.143. The summed E-state index contributed by atoms with van der Waals surface area (Å²) in [5.74, 6) is 0. The number of anilines is 1. The highest BCUT2D eigenvalue weighted by Crippen LogP contribution is 2.39. The van der Waals surface area contributed by atoms with Crippen LogP contribution in [0.2, 0.25) is 0 Å². The Labute approximate surface area is 171 Å². The summed E-state index contributed by atoms with van der Waals surface area (Å²) in [7, 11) is 0. The normalized spacial score (nSPS) is 16.2. The van der Waals surface area contributed by atoms with Crippen LogP contribution in [-0.2, 0) is 6.42 Å². The molecule has 140 valence electrons. The monoisotopic (exact) mass is 373 g/mol. The first-order valence-electron chi connectivity index (χ1n) is 10.6. The molecule has 1 aliphatic rings. The lowest BCUT2D eigenvalue weighted by atomic mass is 9.83. The van der Waals surface area contributed by atoms with Crippen molar-refractivity contribution in [3.05, 3.63) is 102 Å². The molecule has 1 nitrogen and oxygen atoms in total. The van der Waals surface area contributed by atoms with Crippen LogP contribution >= 0.6 is 0 Å². The molecule has 0 spiro atoms. The molecule has 0 aliphatic heterocycles. The molecule has 0 bridgehead atoms. The molecule has 0 saturated heterocycles. The zero-order chi connectivity index (χ0) is 19.2. The lowest BCUT2D eigenvalue weighted by Crippen LogP contribution is -2.17. The molecule has 0 amide bonds. The molecular weight excluding hydrogens is 350 g/mol. The lowest BCUT2D eigenvalue weighted by molar-refractivity contribution is 0.604. The quantitative estimate of drug-likeness (QED) is 0.314. The van der Waals surface area contributed by atoms with Crippen molar-refractivity contribution in [1.29, 1.82) is 0 Å². The maximum Gasteiger partial charge on any atom is 0.0517 e. The maximum atomic E-state index is 3.88. The Morgan fingerprint density at radius 2 is 1.31 bits per heavy atom. The van der Waals surface area contributed by atoms with Crippen LogP contribution in [0.15, 0.2) is 91.0 Å². The molecule has 0 aromatic heterocycles. The topological polar surface area (TPSA) is 12.0 Å². The van der Waals surface area contributed by atoms with Crippen LogP contribution in [-0.4, -0.2) is 0 Å². The number of hydrogen-bond donors (Lipinski definition) is 1. The Balaban J connectivity index is 1.48. The molecule has 0 saturated carbocycles. The van der Waals surface area contributed by atoms with Gasteiger partial charge in [-0.2, -0.15) is 0 Å². The molecule has 0 unspecified atom stereocenters. The van der Waals surface area contributed by atoms with Crippen LogP contribution in [0.5, 0.6) is 0 Å². The van der Waals surface area contributed by atoms with E-state index in [1.807, 2.05) is 0 Å². The Morgan fingerprint density at radius 1 is 0.586 bits per heavy atom. The standard InChI is InChI=1S/C28H23N/c1-3-10-21-20(8-1)15-16-25-23-12-6-14-28(26(23)18-17-24(21)25)29-27-13-5-9-19-7-2-4-11-22(19)27/h1-5,7-11,13,15-18,28-29H,6,12,14H2/t28-/m1/s1. The summed E-state index contributed by atoms with van der Waals surface area (Å²) in [4.78, 5) is 0. The summed E-state index contributed by atoms with van der Waals surface area (Å²) in [6.07, 6.45) is 3.56. The minimum absolute atomic E-state index is 0.362. The zero-order valence-electron chi connectivity index (χ0n) is 16.4. The second-order valence-electron chi connectivity index (χ2n) is 8.13. The molecule has 1 heteroatoms. The first-order valence-corrected chi connectivity index (χ1v) is 10.6. The first kappa shape index (κ1) is 16.6. The summed E-state index contributed by atoms with van der Waals surface area (Å²) in [5, 5.41) is 12.0. The van der Waals surface area contributed by atoms with E-state index < -0.39 is 0 Å². The van der Waals surface area contributed by atoms with Crippen molar-refractivity contribution in [3.8, 4) is 0 Å². The average molecular weight is 373 g/mol. The van der Waals surface area contributed by atoms with Gasteiger partial charge in [0.15, 0.2) is 0 Å². The minimum atomic E-state index is 0.362. The number of aryl methyl sites for hydroxylation is 1. The van der Waals surface area contributed by atoms with Crippen LogP contribution in [0.3, 0.4) is 0 Å². The predicted molar refractivity (Wildman–Crippen MR) is 125 cm³/mol. The molecule has 0 heterocycles. The van der Waals surface area contributed by atoms with E-state index in [9.17, 15) is 0 Å². The van der Waals surface area contributed by atoms with Gasteiger partial charge < -0.3 is 5.32 Å². The number of rotatable bonds is 2. The van der Waals surface area contributed by atoms with E-state index in [0.29, 0.717) is 6.04 Å². The van der Waals surface area contributed by atoms with Gasteiger partial charge in [-0.15, -0.1) is 0 Å². The first-order chi connectivity index (χ1) is 14.4. The van der Waals surface area contributed by atoms with E-state index in [4.69, 9.17) is 0 Å². The SMILES string of the molecule is c1ccc2c(N[C@@H]3CCCc4c3ccc3c4ccc4ccccc43)cccc2c1. The maximum absolute atomic E-state index is 3.88. The number of hydrogen-bond acceptors (Lipinski definition) is 1. The van der Waals surface area contributed by atoms with Crippen LogP contribution in [0.1, 0.15) is 30.0 Å². The molecule has 0 radical (unpaired) electrons. The highest BCUT2D eigenvalue weighted by Gasteiger charge is 2.22. The van der Waals surface area contributed by atoms with Crippen molar-refractivity contribution >= 4 is 38.0 Å². The van der Waals surface area contributed by atoms with Crippen LogP contribution < -0.4 is 5.32 Å². The highest BCUT2D eigenvalue weighted by atomic mass is 14.9. The third-order valence-corrected chi connectivity index (χ3v) is 6.49. The highest BCUT2D eigenvalue weighted by molar-refractivity contribution is 6.08. The van der Waals surface area contributed by atoms with Gasteiger partial charge in [0.2, 0.25) is 0 Å². The molecule has 0 fully saturated rings. The summed E-state index contributed by atoms with van der Waals surface area (Å²) in [6.45, 7) is 0. The fourth-order valence-electron chi connectivity index (χ4n) is 5.10. The van der Waals surface area contributed by atoms with E-state index in [1.54, 1.807) is 0 Å². The Hall–Kier alpha value is -3.32. The molecule has 5 aromatic carbocycles. The van der Waals surface area contributed by atoms with Gasteiger partial charge in [0.1, 0.15) is 0 Å². The fourth-order valence-corrected chi connectivity index (χ4v) is 5.10. The number of fused-ring (bicyclic) bond motifs is 6. The second kappa shape index (κ2) is 6.63. The van der Waals surface area contributed by atoms with Gasteiger partial charge in [-0.05, 0) is 63.4 Å². The third kappa shape index (κ3) is 2.69. The van der Waals surface area contributed by atoms with Crippen LogP contribution in [0.4, 0.5) is 5.69 Å². The molecule has 5 aromatic rings. The van der Waals surface area contributed by atoms with Crippen molar-refractivity contribution in [3.63, 3.8) is 0 Å². The average Bonchev–Trinajstić information content (AvgIpc) is 2.79.